The van der Waals surface area contributed by atoms with Crippen molar-refractivity contribution in [2.75, 3.05) is 0 Å². The number of Topliss-reactive ketones (excluding diaryl/α,β-unsaturated/α-hetero) is 1. The van der Waals surface area contributed by atoms with E-state index in [9.17, 15) is 9.90 Å². The highest BCUT2D eigenvalue weighted by Gasteiger charge is 2.83. The van der Waals surface area contributed by atoms with Gasteiger partial charge in [-0.3, -0.25) is 0 Å². The molecule has 5 aliphatic rings. The lowest BCUT2D eigenvalue weighted by molar-refractivity contribution is -0.117. The molecule has 5 rings (SSSR count). The normalized spacial score (nSPS) is 52.6. The van der Waals surface area contributed by atoms with Gasteiger partial charge in [-0.1, -0.05) is 32.4 Å². The number of ketones is 1. The van der Waals surface area contributed by atoms with E-state index in [4.69, 9.17) is 0 Å². The molecule has 4 fully saturated rings. The highest BCUT2D eigenvalue weighted by molar-refractivity contribution is 5.75. The van der Waals surface area contributed by atoms with Crippen LogP contribution in [0.1, 0.15) is 91.9 Å². The lowest BCUT2D eigenvalue weighted by Crippen LogP contribution is -2.56. The molecule has 1 heterocycles. The highest BCUT2D eigenvalue weighted by atomic mass is 16.3. The average molecular weight is 386 g/mol. The van der Waals surface area contributed by atoms with Crippen LogP contribution in [0.3, 0.4) is 0 Å². The SMILES string of the molecule is CC(=O)CC[C@@H](C)[C@H]1CC[C@@]23N[C@]24CC=C2CC(O)CC[C@]2(C)[C@H]4CCC13C. The molecular weight excluding hydrogens is 346 g/mol. The Morgan fingerprint density at radius 2 is 2.04 bits per heavy atom. The minimum Gasteiger partial charge on any atom is -0.393 e. The summed E-state index contributed by atoms with van der Waals surface area (Å²) in [5.74, 6) is 2.45. The van der Waals surface area contributed by atoms with E-state index >= 15 is 0 Å². The Morgan fingerprint density at radius 1 is 1.25 bits per heavy atom. The molecule has 3 saturated carbocycles. The Kier molecular flexibility index (Phi) is 4.09. The van der Waals surface area contributed by atoms with Gasteiger partial charge in [0.05, 0.1) is 6.10 Å². The molecule has 2 spiro atoms. The molecule has 3 heteroatoms. The molecule has 1 saturated heterocycles. The number of hydrogen-bond acceptors (Lipinski definition) is 3. The maximum atomic E-state index is 11.5. The molecule has 0 amide bonds. The van der Waals surface area contributed by atoms with Gasteiger partial charge < -0.3 is 15.2 Å². The van der Waals surface area contributed by atoms with E-state index in [1.54, 1.807) is 12.5 Å². The van der Waals surface area contributed by atoms with Crippen molar-refractivity contribution in [1.82, 2.24) is 5.32 Å². The first-order chi connectivity index (χ1) is 13.2. The first-order valence-corrected chi connectivity index (χ1v) is 11.8. The van der Waals surface area contributed by atoms with E-state index in [0.29, 0.717) is 28.2 Å². The lowest BCUT2D eigenvalue weighted by Gasteiger charge is -2.56. The van der Waals surface area contributed by atoms with Gasteiger partial charge in [-0.2, -0.15) is 0 Å². The molecule has 28 heavy (non-hydrogen) atoms. The summed E-state index contributed by atoms with van der Waals surface area (Å²) in [6, 6.07) is 0. The van der Waals surface area contributed by atoms with Gasteiger partial charge in [0.2, 0.25) is 0 Å². The van der Waals surface area contributed by atoms with Gasteiger partial charge in [0.15, 0.2) is 0 Å². The second-order valence-electron chi connectivity index (χ2n) is 11.6. The molecule has 1 aliphatic heterocycles. The topological polar surface area (TPSA) is 59.2 Å². The van der Waals surface area contributed by atoms with Crippen LogP contribution in [0.4, 0.5) is 0 Å². The zero-order chi connectivity index (χ0) is 19.9. The summed E-state index contributed by atoms with van der Waals surface area (Å²) in [6.07, 6.45) is 13.7. The predicted octanol–water partition coefficient (Wildman–Crippen LogP) is 4.78. The third-order valence-electron chi connectivity index (χ3n) is 10.6. The quantitative estimate of drug-likeness (QED) is 0.541. The smallest absolute Gasteiger partial charge is 0.129 e. The monoisotopic (exact) mass is 385 g/mol. The zero-order valence-corrected chi connectivity index (χ0v) is 18.3. The number of nitrogens with one attached hydrogen (secondary N) is 1. The van der Waals surface area contributed by atoms with E-state index in [0.717, 1.165) is 43.9 Å². The Morgan fingerprint density at radius 3 is 2.79 bits per heavy atom. The lowest BCUT2D eigenvalue weighted by atomic mass is 9.47. The van der Waals surface area contributed by atoms with Gasteiger partial charge in [0.25, 0.3) is 0 Å². The molecule has 3 nitrogen and oxygen atoms in total. The number of carbonyl (C=O) groups is 1. The summed E-state index contributed by atoms with van der Waals surface area (Å²) in [5.41, 5.74) is 2.83. The molecule has 156 valence electrons. The van der Waals surface area contributed by atoms with Crippen molar-refractivity contribution in [1.29, 1.82) is 0 Å². The van der Waals surface area contributed by atoms with Crippen LogP contribution in [-0.4, -0.2) is 28.1 Å². The summed E-state index contributed by atoms with van der Waals surface area (Å²) in [4.78, 5) is 11.5. The Balaban J connectivity index is 1.44. The summed E-state index contributed by atoms with van der Waals surface area (Å²) in [7, 11) is 0. The van der Waals surface area contributed by atoms with Crippen molar-refractivity contribution < 1.29 is 9.90 Å². The maximum Gasteiger partial charge on any atom is 0.129 e. The molecule has 2 N–H and O–H groups in total. The summed E-state index contributed by atoms with van der Waals surface area (Å²) >= 11 is 0. The van der Waals surface area contributed by atoms with E-state index in [-0.39, 0.29) is 11.5 Å². The molecule has 0 aromatic rings. The fraction of sp³-hybridized carbons (Fsp3) is 0.880. The van der Waals surface area contributed by atoms with Crippen LogP contribution in [0.2, 0.25) is 0 Å². The number of fused-ring (bicyclic) bond motifs is 2. The minimum atomic E-state index is -0.124. The first kappa shape index (κ1) is 19.3. The van der Waals surface area contributed by atoms with Crippen LogP contribution >= 0.6 is 0 Å². The predicted molar refractivity (Wildman–Crippen MR) is 112 cm³/mol. The van der Waals surface area contributed by atoms with E-state index < -0.39 is 0 Å². The van der Waals surface area contributed by atoms with Crippen molar-refractivity contribution in [2.45, 2.75) is 109 Å². The average Bonchev–Trinajstić information content (AvgIpc) is 3.21. The van der Waals surface area contributed by atoms with Crippen LogP contribution < -0.4 is 5.32 Å². The van der Waals surface area contributed by atoms with Gasteiger partial charge in [-0.05, 0) is 93.3 Å². The van der Waals surface area contributed by atoms with Gasteiger partial charge in [0, 0.05) is 17.5 Å². The summed E-state index contributed by atoms with van der Waals surface area (Å²) < 4.78 is 0. The van der Waals surface area contributed by atoms with Crippen LogP contribution in [0.5, 0.6) is 0 Å². The Hall–Kier alpha value is -0.670. The molecule has 0 aromatic heterocycles. The van der Waals surface area contributed by atoms with Gasteiger partial charge in [0.1, 0.15) is 5.78 Å². The molecule has 2 unspecified atom stereocenters. The van der Waals surface area contributed by atoms with Crippen molar-refractivity contribution in [3.05, 3.63) is 11.6 Å². The number of rotatable bonds is 4. The van der Waals surface area contributed by atoms with Crippen LogP contribution in [0.25, 0.3) is 0 Å². The molecule has 0 radical (unpaired) electrons. The maximum absolute atomic E-state index is 11.5. The van der Waals surface area contributed by atoms with E-state index in [1.165, 1.54) is 32.1 Å². The summed E-state index contributed by atoms with van der Waals surface area (Å²) in [6.45, 7) is 9.23. The first-order valence-electron chi connectivity index (χ1n) is 11.8. The van der Waals surface area contributed by atoms with Crippen molar-refractivity contribution in [3.63, 3.8) is 0 Å². The van der Waals surface area contributed by atoms with Crippen molar-refractivity contribution in [3.8, 4) is 0 Å². The standard InChI is InChI=1S/C25H39NO2/c1-16(5-6-17(2)27)20-9-14-25-23(20,4)12-10-21-22(3)11-8-19(28)15-18(22)7-13-24(21,25)26-25/h7,16,19-21,26,28H,5-6,8-15H2,1-4H3/t16-,19?,20-,21-,22+,23?,24+,25+/m1/s1. The number of hydrogen-bond donors (Lipinski definition) is 2. The van der Waals surface area contributed by atoms with Gasteiger partial charge >= 0.3 is 0 Å². The molecule has 0 bridgehead atoms. The zero-order valence-electron chi connectivity index (χ0n) is 18.3. The molecular formula is C25H39NO2. The second kappa shape index (κ2) is 5.94. The number of aliphatic hydroxyl groups is 1. The fourth-order valence-corrected chi connectivity index (χ4v) is 9.04. The number of carbonyl (C=O) groups excluding carboxylic acids is 1. The minimum absolute atomic E-state index is 0.124. The van der Waals surface area contributed by atoms with Gasteiger partial charge in [-0.15, -0.1) is 0 Å². The van der Waals surface area contributed by atoms with Crippen molar-refractivity contribution >= 4 is 5.78 Å². The molecule has 4 aliphatic carbocycles. The third-order valence-corrected chi connectivity index (χ3v) is 10.6. The second-order valence-corrected chi connectivity index (χ2v) is 11.6. The van der Waals surface area contributed by atoms with Crippen LogP contribution in [0, 0.1) is 28.6 Å². The van der Waals surface area contributed by atoms with Gasteiger partial charge in [-0.25, -0.2) is 0 Å². The van der Waals surface area contributed by atoms with E-state index in [2.05, 4.69) is 32.2 Å². The largest absolute Gasteiger partial charge is 0.393 e. The summed E-state index contributed by atoms with van der Waals surface area (Å²) in [5, 5.41) is 14.4. The number of aliphatic hydroxyl groups excluding tert-OH is 1. The fourth-order valence-electron chi connectivity index (χ4n) is 9.04. The Bertz CT molecular complexity index is 730. The van der Waals surface area contributed by atoms with E-state index in [1.807, 2.05) is 0 Å². The highest BCUT2D eigenvalue weighted by Crippen LogP contribution is 2.76. The van der Waals surface area contributed by atoms with Crippen LogP contribution in [-0.2, 0) is 4.79 Å². The van der Waals surface area contributed by atoms with Crippen LogP contribution in [0.15, 0.2) is 11.6 Å². The van der Waals surface area contributed by atoms with Crippen molar-refractivity contribution in [2.24, 2.45) is 28.6 Å². The molecule has 0 aromatic carbocycles. The Labute approximate surface area is 170 Å². The third kappa shape index (κ3) is 2.21. The molecule has 8 atom stereocenters.